The third kappa shape index (κ3) is 5.09. The Kier molecular flexibility index (Phi) is 6.70. The first-order valence-electron chi connectivity index (χ1n) is 4.10. The Morgan fingerprint density at radius 1 is 1.50 bits per heavy atom. The molecule has 4 heteroatoms. The van der Waals surface area contributed by atoms with Gasteiger partial charge in [-0.25, -0.2) is 5.06 Å². The van der Waals surface area contributed by atoms with Crippen molar-refractivity contribution >= 4 is 5.91 Å². The van der Waals surface area contributed by atoms with Crippen molar-refractivity contribution in [3.05, 3.63) is 0 Å². The fourth-order valence-corrected chi connectivity index (χ4v) is 0.599. The summed E-state index contributed by atoms with van der Waals surface area (Å²) >= 11 is 0. The van der Waals surface area contributed by atoms with E-state index in [4.69, 9.17) is 4.74 Å². The molecule has 0 bridgehead atoms. The number of nitrogens with zero attached hydrogens (tertiary/aromatic N) is 1. The summed E-state index contributed by atoms with van der Waals surface area (Å²) in [6.07, 6.45) is 2.07. The van der Waals surface area contributed by atoms with Crippen molar-refractivity contribution in [1.29, 1.82) is 0 Å². The zero-order valence-corrected chi connectivity index (χ0v) is 8.00. The van der Waals surface area contributed by atoms with Gasteiger partial charge in [0.1, 0.15) is 6.61 Å². The van der Waals surface area contributed by atoms with Gasteiger partial charge >= 0.3 is 0 Å². The number of ether oxygens (including phenoxy) is 1. The molecule has 0 aromatic rings. The van der Waals surface area contributed by atoms with E-state index >= 15 is 0 Å². The zero-order chi connectivity index (χ0) is 9.40. The van der Waals surface area contributed by atoms with Gasteiger partial charge in [-0.05, 0) is 6.42 Å². The molecule has 0 fully saturated rings. The normalized spacial score (nSPS) is 9.92. The third-order valence-corrected chi connectivity index (χ3v) is 1.49. The van der Waals surface area contributed by atoms with Gasteiger partial charge in [0.2, 0.25) is 0 Å². The highest BCUT2D eigenvalue weighted by Crippen LogP contribution is 1.90. The molecule has 0 aliphatic rings. The second kappa shape index (κ2) is 7.06. The molecule has 0 atom stereocenters. The van der Waals surface area contributed by atoms with Crippen LogP contribution in [0.15, 0.2) is 0 Å². The van der Waals surface area contributed by atoms with E-state index in [-0.39, 0.29) is 12.5 Å². The Labute approximate surface area is 73.4 Å². The van der Waals surface area contributed by atoms with Crippen molar-refractivity contribution in [2.24, 2.45) is 0 Å². The summed E-state index contributed by atoms with van der Waals surface area (Å²) in [4.78, 5) is 15.7. The molecule has 0 aliphatic heterocycles. The second-order valence-corrected chi connectivity index (χ2v) is 2.48. The molecule has 0 N–H and O–H groups in total. The van der Waals surface area contributed by atoms with Gasteiger partial charge in [0.15, 0.2) is 0 Å². The first-order chi connectivity index (χ1) is 5.72. The van der Waals surface area contributed by atoms with Gasteiger partial charge in [0.25, 0.3) is 5.91 Å². The molecule has 0 spiro atoms. The van der Waals surface area contributed by atoms with Gasteiger partial charge in [-0.2, -0.15) is 0 Å². The average molecular weight is 175 g/mol. The summed E-state index contributed by atoms with van der Waals surface area (Å²) in [7, 11) is 3.01. The van der Waals surface area contributed by atoms with Crippen LogP contribution in [0.2, 0.25) is 0 Å². The lowest BCUT2D eigenvalue weighted by Crippen LogP contribution is -2.29. The van der Waals surface area contributed by atoms with Gasteiger partial charge in [-0.3, -0.25) is 9.63 Å². The molecule has 12 heavy (non-hydrogen) atoms. The predicted octanol–water partition coefficient (Wildman–Crippen LogP) is 0.823. The minimum Gasteiger partial charge on any atom is -0.372 e. The molecule has 1 amide bonds. The molecular formula is C8H17NO3. The number of rotatable bonds is 6. The summed E-state index contributed by atoms with van der Waals surface area (Å²) < 4.78 is 5.09. The van der Waals surface area contributed by atoms with Gasteiger partial charge < -0.3 is 4.74 Å². The summed E-state index contributed by atoms with van der Waals surface area (Å²) in [6.45, 7) is 2.82. The number of likely N-dealkylation sites (N-methyl/N-ethyl adjacent to an activating group) is 1. The minimum atomic E-state index is -0.159. The summed E-state index contributed by atoms with van der Waals surface area (Å²) in [5.41, 5.74) is 0. The predicted molar refractivity (Wildman–Crippen MR) is 45.5 cm³/mol. The fourth-order valence-electron chi connectivity index (χ4n) is 0.599. The molecule has 0 aliphatic carbocycles. The van der Waals surface area contributed by atoms with E-state index in [1.807, 2.05) is 0 Å². The van der Waals surface area contributed by atoms with Crippen LogP contribution in [0.4, 0.5) is 0 Å². The first-order valence-corrected chi connectivity index (χ1v) is 4.10. The molecule has 0 saturated heterocycles. The highest BCUT2D eigenvalue weighted by atomic mass is 16.7. The largest absolute Gasteiger partial charge is 0.372 e. The third-order valence-electron chi connectivity index (χ3n) is 1.49. The maximum absolute atomic E-state index is 11.0. The van der Waals surface area contributed by atoms with Crippen LogP contribution in [0.1, 0.15) is 19.8 Å². The Balaban J connectivity index is 3.31. The van der Waals surface area contributed by atoms with E-state index in [0.29, 0.717) is 6.61 Å². The number of hydrogen-bond acceptors (Lipinski definition) is 3. The van der Waals surface area contributed by atoms with Crippen molar-refractivity contribution in [2.45, 2.75) is 19.8 Å². The van der Waals surface area contributed by atoms with Crippen LogP contribution in [0.3, 0.4) is 0 Å². The Hall–Kier alpha value is -0.610. The second-order valence-electron chi connectivity index (χ2n) is 2.48. The highest BCUT2D eigenvalue weighted by molar-refractivity contribution is 5.75. The Morgan fingerprint density at radius 2 is 2.17 bits per heavy atom. The number of amides is 1. The molecule has 0 unspecified atom stereocenters. The molecule has 4 nitrogen and oxygen atoms in total. The quantitative estimate of drug-likeness (QED) is 0.443. The van der Waals surface area contributed by atoms with Gasteiger partial charge in [-0.15, -0.1) is 0 Å². The maximum Gasteiger partial charge on any atom is 0.271 e. The van der Waals surface area contributed by atoms with Crippen LogP contribution in [-0.4, -0.2) is 38.3 Å². The molecule has 0 rings (SSSR count). The number of carbonyl (C=O) groups excluding carboxylic acids is 1. The average Bonchev–Trinajstić information content (AvgIpc) is 2.10. The van der Waals surface area contributed by atoms with E-state index in [1.54, 1.807) is 7.05 Å². The number of unbranched alkanes of at least 4 members (excludes halogenated alkanes) is 1. The number of hydrogen-bond donors (Lipinski definition) is 0. The van der Waals surface area contributed by atoms with Crippen molar-refractivity contribution in [1.82, 2.24) is 5.06 Å². The summed E-state index contributed by atoms with van der Waals surface area (Å²) in [5.74, 6) is -0.159. The van der Waals surface area contributed by atoms with Crippen molar-refractivity contribution in [3.8, 4) is 0 Å². The van der Waals surface area contributed by atoms with Crippen LogP contribution < -0.4 is 0 Å². The van der Waals surface area contributed by atoms with Crippen molar-refractivity contribution in [2.75, 3.05) is 27.4 Å². The van der Waals surface area contributed by atoms with Crippen LogP contribution in [0.5, 0.6) is 0 Å². The van der Waals surface area contributed by atoms with Crippen LogP contribution in [0, 0.1) is 0 Å². The van der Waals surface area contributed by atoms with E-state index < -0.39 is 0 Å². The van der Waals surface area contributed by atoms with Crippen LogP contribution in [-0.2, 0) is 14.4 Å². The zero-order valence-electron chi connectivity index (χ0n) is 8.00. The van der Waals surface area contributed by atoms with E-state index in [0.717, 1.165) is 17.9 Å². The molecule has 0 heterocycles. The summed E-state index contributed by atoms with van der Waals surface area (Å²) in [6, 6.07) is 0. The molecular weight excluding hydrogens is 158 g/mol. The van der Waals surface area contributed by atoms with Crippen LogP contribution in [0.25, 0.3) is 0 Å². The number of carbonyl (C=O) groups is 1. The van der Waals surface area contributed by atoms with Gasteiger partial charge in [-0.1, -0.05) is 13.3 Å². The Morgan fingerprint density at radius 3 is 2.67 bits per heavy atom. The van der Waals surface area contributed by atoms with E-state index in [1.165, 1.54) is 7.11 Å². The molecule has 0 radical (unpaired) electrons. The Bertz CT molecular complexity index is 127. The molecule has 0 aromatic heterocycles. The lowest BCUT2D eigenvalue weighted by molar-refractivity contribution is -0.173. The fraction of sp³-hybridized carbons (Fsp3) is 0.875. The first kappa shape index (κ1) is 11.4. The SMILES string of the molecule is CCCCOCC(=O)N(C)OC. The monoisotopic (exact) mass is 175 g/mol. The van der Waals surface area contributed by atoms with Gasteiger partial charge in [0.05, 0.1) is 7.11 Å². The van der Waals surface area contributed by atoms with Crippen molar-refractivity contribution in [3.63, 3.8) is 0 Å². The smallest absolute Gasteiger partial charge is 0.271 e. The van der Waals surface area contributed by atoms with Crippen LogP contribution >= 0.6 is 0 Å². The number of hydroxylamine groups is 2. The lowest BCUT2D eigenvalue weighted by Gasteiger charge is -2.13. The van der Waals surface area contributed by atoms with E-state index in [9.17, 15) is 4.79 Å². The van der Waals surface area contributed by atoms with E-state index in [2.05, 4.69) is 11.8 Å². The molecule has 0 aromatic carbocycles. The maximum atomic E-state index is 11.0. The molecule has 72 valence electrons. The van der Waals surface area contributed by atoms with Gasteiger partial charge in [0, 0.05) is 13.7 Å². The molecule has 0 saturated carbocycles. The minimum absolute atomic E-state index is 0.102. The lowest BCUT2D eigenvalue weighted by atomic mass is 10.4. The highest BCUT2D eigenvalue weighted by Gasteiger charge is 2.06. The topological polar surface area (TPSA) is 38.8 Å². The summed E-state index contributed by atoms with van der Waals surface area (Å²) in [5, 5.41) is 1.16. The van der Waals surface area contributed by atoms with Crippen molar-refractivity contribution < 1.29 is 14.4 Å². The standard InChI is InChI=1S/C8H17NO3/c1-4-5-6-12-7-8(10)9(2)11-3/h4-7H2,1-3H3.